The molecule has 2 aromatic rings. The molecule has 0 atom stereocenters. The van der Waals surface area contributed by atoms with Gasteiger partial charge in [0.25, 0.3) is 5.91 Å². The van der Waals surface area contributed by atoms with Crippen LogP contribution in [0.3, 0.4) is 0 Å². The normalized spacial score (nSPS) is 14.2. The SMILES string of the molecule is CN=C(NCCNC(=O)c1cccnc1)N1CCN(c2ccccc2O)CC1.I. The third-order valence-electron chi connectivity index (χ3n) is 4.63. The van der Waals surface area contributed by atoms with Crippen LogP contribution in [-0.2, 0) is 0 Å². The molecule has 0 aliphatic carbocycles. The van der Waals surface area contributed by atoms with Crippen LogP contribution in [0.2, 0.25) is 0 Å². The molecular weight excluding hydrogens is 483 g/mol. The molecule has 2 heterocycles. The molecule has 29 heavy (non-hydrogen) atoms. The van der Waals surface area contributed by atoms with Gasteiger partial charge in [-0.05, 0) is 24.3 Å². The van der Waals surface area contributed by atoms with E-state index in [1.54, 1.807) is 37.6 Å². The number of para-hydroxylation sites is 2. The average Bonchev–Trinajstić information content (AvgIpc) is 2.75. The number of aromatic nitrogens is 1. The van der Waals surface area contributed by atoms with Crippen LogP contribution in [0.15, 0.2) is 53.8 Å². The second-order valence-electron chi connectivity index (χ2n) is 6.43. The van der Waals surface area contributed by atoms with Gasteiger partial charge in [-0.1, -0.05) is 12.1 Å². The molecule has 1 saturated heterocycles. The number of amides is 1. The highest BCUT2D eigenvalue weighted by atomic mass is 127. The molecule has 1 aromatic heterocycles. The number of carbonyl (C=O) groups excluding carboxylic acids is 1. The van der Waals surface area contributed by atoms with Gasteiger partial charge in [-0.25, -0.2) is 0 Å². The number of carbonyl (C=O) groups is 1. The average molecular weight is 510 g/mol. The Morgan fingerprint density at radius 2 is 1.83 bits per heavy atom. The maximum absolute atomic E-state index is 12.0. The van der Waals surface area contributed by atoms with E-state index in [1.165, 1.54) is 0 Å². The molecular formula is C20H27IN6O2. The number of phenolic OH excluding ortho intramolecular Hbond substituents is 1. The molecule has 0 unspecified atom stereocenters. The van der Waals surface area contributed by atoms with Crippen molar-refractivity contribution in [2.45, 2.75) is 0 Å². The molecule has 3 N–H and O–H groups in total. The third-order valence-corrected chi connectivity index (χ3v) is 4.63. The van der Waals surface area contributed by atoms with Gasteiger partial charge in [0.1, 0.15) is 5.75 Å². The van der Waals surface area contributed by atoms with E-state index in [-0.39, 0.29) is 29.9 Å². The Hall–Kier alpha value is -2.56. The number of nitrogens with zero attached hydrogens (tertiary/aromatic N) is 4. The highest BCUT2D eigenvalue weighted by Gasteiger charge is 2.21. The number of aromatic hydroxyl groups is 1. The number of benzene rings is 1. The van der Waals surface area contributed by atoms with E-state index in [9.17, 15) is 9.90 Å². The number of halogens is 1. The first kappa shape index (κ1) is 22.7. The van der Waals surface area contributed by atoms with Crippen LogP contribution in [0.25, 0.3) is 0 Å². The Kier molecular flexibility index (Phi) is 8.97. The fraction of sp³-hybridized carbons (Fsp3) is 0.350. The first-order valence-corrected chi connectivity index (χ1v) is 9.36. The van der Waals surface area contributed by atoms with Crippen LogP contribution in [0.5, 0.6) is 5.75 Å². The number of phenols is 1. The Morgan fingerprint density at radius 1 is 1.10 bits per heavy atom. The molecule has 3 rings (SSSR count). The standard InChI is InChI=1S/C20H26N6O2.HI/c1-21-20(24-10-9-23-19(28)16-5-4-8-22-15-16)26-13-11-25(12-14-26)17-6-2-3-7-18(17)27;/h2-8,15,27H,9-14H2,1H3,(H,21,24)(H,23,28);1H. The van der Waals surface area contributed by atoms with Crippen molar-refractivity contribution in [1.82, 2.24) is 20.5 Å². The van der Waals surface area contributed by atoms with Gasteiger partial charge in [-0.15, -0.1) is 24.0 Å². The summed E-state index contributed by atoms with van der Waals surface area (Å²) in [7, 11) is 1.76. The fourth-order valence-corrected chi connectivity index (χ4v) is 3.17. The largest absolute Gasteiger partial charge is 0.506 e. The minimum atomic E-state index is -0.138. The number of nitrogens with one attached hydrogen (secondary N) is 2. The lowest BCUT2D eigenvalue weighted by molar-refractivity contribution is 0.0954. The van der Waals surface area contributed by atoms with Crippen molar-refractivity contribution in [2.24, 2.45) is 4.99 Å². The van der Waals surface area contributed by atoms with Crippen LogP contribution < -0.4 is 15.5 Å². The molecule has 1 aromatic carbocycles. The summed E-state index contributed by atoms with van der Waals surface area (Å²) in [6.45, 7) is 4.28. The zero-order valence-electron chi connectivity index (χ0n) is 16.4. The molecule has 1 fully saturated rings. The second-order valence-corrected chi connectivity index (χ2v) is 6.43. The molecule has 156 valence electrons. The van der Waals surface area contributed by atoms with E-state index in [0.29, 0.717) is 24.4 Å². The Morgan fingerprint density at radius 3 is 2.48 bits per heavy atom. The summed E-state index contributed by atoms with van der Waals surface area (Å²) in [6, 6.07) is 10.9. The van der Waals surface area contributed by atoms with Crippen LogP contribution >= 0.6 is 24.0 Å². The fourth-order valence-electron chi connectivity index (χ4n) is 3.17. The minimum Gasteiger partial charge on any atom is -0.506 e. The zero-order chi connectivity index (χ0) is 19.8. The van der Waals surface area contributed by atoms with E-state index in [0.717, 1.165) is 37.8 Å². The van der Waals surface area contributed by atoms with Crippen molar-refractivity contribution in [2.75, 3.05) is 51.2 Å². The van der Waals surface area contributed by atoms with Crippen molar-refractivity contribution < 1.29 is 9.90 Å². The highest BCUT2D eigenvalue weighted by molar-refractivity contribution is 14.0. The minimum absolute atomic E-state index is 0. The molecule has 1 amide bonds. The predicted molar refractivity (Wildman–Crippen MR) is 125 cm³/mol. The zero-order valence-corrected chi connectivity index (χ0v) is 18.7. The highest BCUT2D eigenvalue weighted by Crippen LogP contribution is 2.27. The quantitative estimate of drug-likeness (QED) is 0.245. The summed E-state index contributed by atoms with van der Waals surface area (Å²) >= 11 is 0. The molecule has 1 aliphatic heterocycles. The summed E-state index contributed by atoms with van der Waals surface area (Å²) in [4.78, 5) is 24.7. The molecule has 0 bridgehead atoms. The van der Waals surface area contributed by atoms with Crippen LogP contribution in [0.1, 0.15) is 10.4 Å². The topological polar surface area (TPSA) is 93.1 Å². The van der Waals surface area contributed by atoms with Crippen molar-refractivity contribution >= 4 is 41.5 Å². The maximum atomic E-state index is 12.0. The number of aliphatic imine (C=N–C) groups is 1. The summed E-state index contributed by atoms with van der Waals surface area (Å²) in [5.74, 6) is 0.983. The van der Waals surface area contributed by atoms with E-state index < -0.39 is 0 Å². The van der Waals surface area contributed by atoms with Crippen molar-refractivity contribution in [3.05, 3.63) is 54.4 Å². The maximum Gasteiger partial charge on any atom is 0.252 e. The van der Waals surface area contributed by atoms with Gasteiger partial charge in [0, 0.05) is 58.7 Å². The van der Waals surface area contributed by atoms with Gasteiger partial charge >= 0.3 is 0 Å². The van der Waals surface area contributed by atoms with E-state index in [1.807, 2.05) is 18.2 Å². The summed E-state index contributed by atoms with van der Waals surface area (Å²) in [6.07, 6.45) is 3.19. The third kappa shape index (κ3) is 6.21. The smallest absolute Gasteiger partial charge is 0.252 e. The van der Waals surface area contributed by atoms with Crippen molar-refractivity contribution in [3.63, 3.8) is 0 Å². The van der Waals surface area contributed by atoms with Crippen LogP contribution in [0.4, 0.5) is 5.69 Å². The van der Waals surface area contributed by atoms with Gasteiger partial charge in [-0.2, -0.15) is 0 Å². The van der Waals surface area contributed by atoms with E-state index >= 15 is 0 Å². The molecule has 0 saturated carbocycles. The number of piperazine rings is 1. The second kappa shape index (κ2) is 11.4. The molecule has 1 aliphatic rings. The number of hydrogen-bond acceptors (Lipinski definition) is 5. The Balaban J connectivity index is 0.00000300. The van der Waals surface area contributed by atoms with Gasteiger partial charge < -0.3 is 25.5 Å². The first-order chi connectivity index (χ1) is 13.7. The number of hydrogen-bond donors (Lipinski definition) is 3. The van der Waals surface area contributed by atoms with Gasteiger partial charge in [0.2, 0.25) is 0 Å². The number of rotatable bonds is 5. The lowest BCUT2D eigenvalue weighted by Gasteiger charge is -2.37. The number of guanidine groups is 1. The molecule has 9 heteroatoms. The number of anilines is 1. The van der Waals surface area contributed by atoms with Gasteiger partial charge in [-0.3, -0.25) is 14.8 Å². The number of pyridine rings is 1. The first-order valence-electron chi connectivity index (χ1n) is 9.36. The lowest BCUT2D eigenvalue weighted by Crippen LogP contribution is -2.53. The molecule has 0 radical (unpaired) electrons. The van der Waals surface area contributed by atoms with Gasteiger partial charge in [0.05, 0.1) is 11.3 Å². The summed E-state index contributed by atoms with van der Waals surface area (Å²) < 4.78 is 0. The van der Waals surface area contributed by atoms with Crippen LogP contribution in [0, 0.1) is 0 Å². The molecule has 0 spiro atoms. The predicted octanol–water partition coefficient (Wildman–Crippen LogP) is 1.53. The van der Waals surface area contributed by atoms with Crippen molar-refractivity contribution in [3.8, 4) is 5.75 Å². The van der Waals surface area contributed by atoms with Gasteiger partial charge in [0.15, 0.2) is 5.96 Å². The Labute approximate surface area is 188 Å². The van der Waals surface area contributed by atoms with E-state index in [2.05, 4.69) is 30.4 Å². The monoisotopic (exact) mass is 510 g/mol. The summed E-state index contributed by atoms with van der Waals surface area (Å²) in [5, 5.41) is 16.2. The van der Waals surface area contributed by atoms with Crippen molar-refractivity contribution in [1.29, 1.82) is 0 Å². The van der Waals surface area contributed by atoms with E-state index in [4.69, 9.17) is 0 Å². The molecule has 8 nitrogen and oxygen atoms in total. The lowest BCUT2D eigenvalue weighted by atomic mass is 10.2. The Bertz CT molecular complexity index is 810. The summed E-state index contributed by atoms with van der Waals surface area (Å²) in [5.41, 5.74) is 1.41. The van der Waals surface area contributed by atoms with Crippen LogP contribution in [-0.4, -0.2) is 73.2 Å².